The van der Waals surface area contributed by atoms with Crippen molar-refractivity contribution in [1.29, 1.82) is 0 Å². The molecule has 0 saturated heterocycles. The number of rotatable bonds is 4. The molecule has 7 heteroatoms. The van der Waals surface area contributed by atoms with Gasteiger partial charge in [-0.2, -0.15) is 5.10 Å². The van der Waals surface area contributed by atoms with Crippen molar-refractivity contribution in [2.45, 2.75) is 45.6 Å². The Morgan fingerprint density at radius 2 is 1.95 bits per heavy atom. The van der Waals surface area contributed by atoms with Crippen molar-refractivity contribution in [3.63, 3.8) is 0 Å². The highest BCUT2D eigenvalue weighted by Crippen LogP contribution is 2.28. The smallest absolute Gasteiger partial charge is 0.244 e. The zero-order valence-corrected chi connectivity index (χ0v) is 13.9. The first-order valence-electron chi connectivity index (χ1n) is 6.33. The van der Waals surface area contributed by atoms with E-state index in [1.165, 1.54) is 4.88 Å². The van der Waals surface area contributed by atoms with Crippen molar-refractivity contribution in [3.05, 3.63) is 32.8 Å². The van der Waals surface area contributed by atoms with Crippen molar-refractivity contribution in [3.8, 4) is 0 Å². The van der Waals surface area contributed by atoms with E-state index in [2.05, 4.69) is 14.9 Å². The van der Waals surface area contributed by atoms with Crippen LogP contribution in [0.3, 0.4) is 0 Å². The lowest BCUT2D eigenvalue weighted by Gasteiger charge is -2.14. The van der Waals surface area contributed by atoms with Crippen molar-refractivity contribution in [2.24, 2.45) is 0 Å². The summed E-state index contributed by atoms with van der Waals surface area (Å²) in [4.78, 5) is 2.56. The molecular weight excluding hydrogens is 294 g/mol. The van der Waals surface area contributed by atoms with E-state index >= 15 is 0 Å². The van der Waals surface area contributed by atoms with Crippen molar-refractivity contribution >= 4 is 21.4 Å². The lowest BCUT2D eigenvalue weighted by atomic mass is 10.1. The number of aromatic amines is 1. The maximum atomic E-state index is 12.5. The van der Waals surface area contributed by atoms with Crippen LogP contribution in [0.4, 0.5) is 0 Å². The normalized spacial score (nSPS) is 13.7. The number of nitrogens with one attached hydrogen (secondary N) is 2. The van der Waals surface area contributed by atoms with Crippen LogP contribution in [0.2, 0.25) is 0 Å². The molecule has 2 heterocycles. The van der Waals surface area contributed by atoms with Gasteiger partial charge in [-0.25, -0.2) is 13.1 Å². The summed E-state index contributed by atoms with van der Waals surface area (Å²) in [5.41, 5.74) is 2.07. The molecule has 1 unspecified atom stereocenters. The molecule has 0 radical (unpaired) electrons. The van der Waals surface area contributed by atoms with Gasteiger partial charge in [0.25, 0.3) is 0 Å². The van der Waals surface area contributed by atoms with Crippen LogP contribution >= 0.6 is 11.3 Å². The fraction of sp³-hybridized carbons (Fsp3) is 0.462. The van der Waals surface area contributed by atoms with Gasteiger partial charge in [-0.15, -0.1) is 11.3 Å². The van der Waals surface area contributed by atoms with Crippen molar-refractivity contribution < 1.29 is 8.42 Å². The molecule has 0 fully saturated rings. The predicted octanol–water partition coefficient (Wildman–Crippen LogP) is 2.74. The number of thiophene rings is 1. The minimum Gasteiger partial charge on any atom is -0.281 e. The molecule has 0 saturated carbocycles. The van der Waals surface area contributed by atoms with Gasteiger partial charge in [-0.1, -0.05) is 0 Å². The van der Waals surface area contributed by atoms with E-state index in [9.17, 15) is 8.42 Å². The molecule has 2 aromatic heterocycles. The summed E-state index contributed by atoms with van der Waals surface area (Å²) < 4.78 is 27.7. The van der Waals surface area contributed by atoms with E-state index in [0.29, 0.717) is 11.4 Å². The standard InChI is InChI=1S/C13H19N3O2S2/c1-7-6-12(11(5)19-7)8(2)16-20(17,18)13-9(3)14-15-10(13)4/h6,8,16H,1-5H3,(H,14,15). The molecule has 2 N–H and O–H groups in total. The van der Waals surface area contributed by atoms with Gasteiger partial charge in [-0.05, 0) is 46.2 Å². The molecule has 1 atom stereocenters. The van der Waals surface area contributed by atoms with Crippen LogP contribution in [-0.2, 0) is 10.0 Å². The lowest BCUT2D eigenvalue weighted by molar-refractivity contribution is 0.565. The van der Waals surface area contributed by atoms with Gasteiger partial charge < -0.3 is 0 Å². The highest BCUT2D eigenvalue weighted by atomic mass is 32.2. The third kappa shape index (κ3) is 2.79. The fourth-order valence-corrected chi connectivity index (χ4v) is 4.99. The van der Waals surface area contributed by atoms with E-state index in [1.54, 1.807) is 25.2 Å². The second-order valence-electron chi connectivity index (χ2n) is 4.97. The largest absolute Gasteiger partial charge is 0.281 e. The Balaban J connectivity index is 2.32. The molecule has 0 aliphatic rings. The SMILES string of the molecule is Cc1cc(C(C)NS(=O)(=O)c2c(C)n[nH]c2C)c(C)s1. The van der Waals surface area contributed by atoms with Crippen LogP contribution in [0.25, 0.3) is 0 Å². The summed E-state index contributed by atoms with van der Waals surface area (Å²) in [5.74, 6) is 0. The summed E-state index contributed by atoms with van der Waals surface area (Å²) >= 11 is 1.67. The zero-order valence-electron chi connectivity index (χ0n) is 12.2. The molecule has 5 nitrogen and oxygen atoms in total. The molecular formula is C13H19N3O2S2. The van der Waals surface area contributed by atoms with Gasteiger partial charge in [0.05, 0.1) is 11.4 Å². The number of aryl methyl sites for hydroxylation is 4. The van der Waals surface area contributed by atoms with Gasteiger partial charge in [0.15, 0.2) is 0 Å². The van der Waals surface area contributed by atoms with Gasteiger partial charge in [-0.3, -0.25) is 5.10 Å². The Morgan fingerprint density at radius 1 is 1.30 bits per heavy atom. The molecule has 0 bridgehead atoms. The second kappa shape index (κ2) is 5.31. The van der Waals surface area contributed by atoms with Crippen LogP contribution in [-0.4, -0.2) is 18.6 Å². The summed E-state index contributed by atoms with van der Waals surface area (Å²) in [6.45, 7) is 9.28. The maximum Gasteiger partial charge on any atom is 0.244 e. The first-order chi connectivity index (χ1) is 9.22. The summed E-state index contributed by atoms with van der Waals surface area (Å²) in [7, 11) is -3.57. The van der Waals surface area contributed by atoms with E-state index < -0.39 is 10.0 Å². The second-order valence-corrected chi connectivity index (χ2v) is 8.09. The zero-order chi connectivity index (χ0) is 15.1. The van der Waals surface area contributed by atoms with E-state index in [0.717, 1.165) is 10.4 Å². The van der Waals surface area contributed by atoms with Crippen LogP contribution in [0.1, 0.15) is 39.7 Å². The number of hydrogen-bond acceptors (Lipinski definition) is 4. The molecule has 0 amide bonds. The van der Waals surface area contributed by atoms with E-state index in [4.69, 9.17) is 0 Å². The fourth-order valence-electron chi connectivity index (χ4n) is 2.37. The van der Waals surface area contributed by atoms with E-state index in [1.807, 2.05) is 26.8 Å². The molecule has 110 valence electrons. The number of sulfonamides is 1. The minimum atomic E-state index is -3.57. The monoisotopic (exact) mass is 313 g/mol. The average Bonchev–Trinajstić information content (AvgIpc) is 2.81. The Hall–Kier alpha value is -1.18. The first kappa shape index (κ1) is 15.2. The Kier molecular flexibility index (Phi) is 4.04. The number of hydrogen-bond donors (Lipinski definition) is 2. The highest BCUT2D eigenvalue weighted by molar-refractivity contribution is 7.89. The molecule has 0 spiro atoms. The number of nitrogens with zero attached hydrogens (tertiary/aromatic N) is 1. The van der Waals surface area contributed by atoms with Crippen LogP contribution < -0.4 is 4.72 Å². The van der Waals surface area contributed by atoms with Gasteiger partial charge in [0.2, 0.25) is 10.0 Å². The molecule has 0 aromatic carbocycles. The third-order valence-corrected chi connectivity index (χ3v) is 5.99. The number of aromatic nitrogens is 2. The van der Waals surface area contributed by atoms with Crippen molar-refractivity contribution in [1.82, 2.24) is 14.9 Å². The lowest BCUT2D eigenvalue weighted by Crippen LogP contribution is -2.27. The highest BCUT2D eigenvalue weighted by Gasteiger charge is 2.25. The Labute approximate surface area is 123 Å². The summed E-state index contributed by atoms with van der Waals surface area (Å²) in [5, 5.41) is 6.65. The van der Waals surface area contributed by atoms with Gasteiger partial charge in [0.1, 0.15) is 4.90 Å². The molecule has 0 aliphatic heterocycles. The summed E-state index contributed by atoms with van der Waals surface area (Å²) in [6, 6.07) is 1.76. The quantitative estimate of drug-likeness (QED) is 0.911. The van der Waals surface area contributed by atoms with Crippen LogP contribution in [0.15, 0.2) is 11.0 Å². The number of H-pyrrole nitrogens is 1. The summed E-state index contributed by atoms with van der Waals surface area (Å²) in [6.07, 6.45) is 0. The third-order valence-electron chi connectivity index (χ3n) is 3.21. The predicted molar refractivity (Wildman–Crippen MR) is 80.6 cm³/mol. The minimum absolute atomic E-state index is 0.244. The van der Waals surface area contributed by atoms with E-state index in [-0.39, 0.29) is 10.9 Å². The molecule has 2 rings (SSSR count). The first-order valence-corrected chi connectivity index (χ1v) is 8.63. The van der Waals surface area contributed by atoms with Gasteiger partial charge >= 0.3 is 0 Å². The Morgan fingerprint density at radius 3 is 2.40 bits per heavy atom. The maximum absolute atomic E-state index is 12.5. The molecule has 0 aliphatic carbocycles. The Bertz CT molecular complexity index is 709. The average molecular weight is 313 g/mol. The molecule has 2 aromatic rings. The van der Waals surface area contributed by atoms with Crippen LogP contribution in [0.5, 0.6) is 0 Å². The molecule has 20 heavy (non-hydrogen) atoms. The van der Waals surface area contributed by atoms with Crippen LogP contribution in [0, 0.1) is 27.7 Å². The van der Waals surface area contributed by atoms with Gasteiger partial charge in [0, 0.05) is 15.8 Å². The topological polar surface area (TPSA) is 74.8 Å². The van der Waals surface area contributed by atoms with Crippen molar-refractivity contribution in [2.75, 3.05) is 0 Å².